The number of nitrogens with one attached hydrogen (secondary N) is 1. The fourth-order valence-corrected chi connectivity index (χ4v) is 3.76. The number of guanidine groups is 1. The van der Waals surface area contributed by atoms with Crippen LogP contribution in [0.3, 0.4) is 0 Å². The Morgan fingerprint density at radius 2 is 1.87 bits per heavy atom. The van der Waals surface area contributed by atoms with E-state index in [9.17, 15) is 4.79 Å². The van der Waals surface area contributed by atoms with Gasteiger partial charge in [-0.1, -0.05) is 18.2 Å². The van der Waals surface area contributed by atoms with Gasteiger partial charge in [-0.05, 0) is 46.6 Å². The van der Waals surface area contributed by atoms with Gasteiger partial charge in [-0.3, -0.25) is 4.79 Å². The standard InChI is InChI=1S/C23H36N4O3.HI/c1-5-24-22(25-17-18-9-6-7-10-19(18)30-23(2,3)4)27-14-12-26(13-15-27)21(28)20-11-8-16-29-20;/h6-7,9-10,20H,5,8,11-17H2,1-4H3,(H,24,25);1H. The molecule has 1 aromatic carbocycles. The maximum Gasteiger partial charge on any atom is 0.251 e. The van der Waals surface area contributed by atoms with Crippen molar-refractivity contribution in [3.05, 3.63) is 29.8 Å². The van der Waals surface area contributed by atoms with Crippen molar-refractivity contribution in [3.8, 4) is 5.75 Å². The second-order valence-corrected chi connectivity index (χ2v) is 8.81. The van der Waals surface area contributed by atoms with E-state index < -0.39 is 0 Å². The number of ether oxygens (including phenoxy) is 2. The third-order valence-corrected chi connectivity index (χ3v) is 5.22. The quantitative estimate of drug-likeness (QED) is 0.350. The largest absolute Gasteiger partial charge is 0.488 e. The molecule has 31 heavy (non-hydrogen) atoms. The smallest absolute Gasteiger partial charge is 0.251 e. The predicted octanol–water partition coefficient (Wildman–Crippen LogP) is 3.27. The zero-order valence-corrected chi connectivity index (χ0v) is 21.6. The molecule has 1 amide bonds. The van der Waals surface area contributed by atoms with Crippen LogP contribution < -0.4 is 10.1 Å². The van der Waals surface area contributed by atoms with Crippen molar-refractivity contribution in [1.29, 1.82) is 0 Å². The van der Waals surface area contributed by atoms with E-state index in [4.69, 9.17) is 14.5 Å². The molecular weight excluding hydrogens is 507 g/mol. The summed E-state index contributed by atoms with van der Waals surface area (Å²) in [5, 5.41) is 3.40. The summed E-state index contributed by atoms with van der Waals surface area (Å²) < 4.78 is 11.7. The fraction of sp³-hybridized carbons (Fsp3) is 0.652. The van der Waals surface area contributed by atoms with E-state index in [2.05, 4.69) is 44.0 Å². The zero-order chi connectivity index (χ0) is 21.6. The minimum absolute atomic E-state index is 0. The summed E-state index contributed by atoms with van der Waals surface area (Å²) in [7, 11) is 0. The van der Waals surface area contributed by atoms with Gasteiger partial charge in [-0.25, -0.2) is 4.99 Å². The molecule has 0 bridgehead atoms. The summed E-state index contributed by atoms with van der Waals surface area (Å²) in [5.41, 5.74) is 0.811. The Balaban J connectivity index is 0.00000341. The molecule has 2 fully saturated rings. The summed E-state index contributed by atoms with van der Waals surface area (Å²) in [6.07, 6.45) is 1.59. The molecule has 0 spiro atoms. The average molecular weight is 544 g/mol. The van der Waals surface area contributed by atoms with Crippen molar-refractivity contribution < 1.29 is 14.3 Å². The van der Waals surface area contributed by atoms with E-state index in [0.717, 1.165) is 49.7 Å². The van der Waals surface area contributed by atoms with Crippen molar-refractivity contribution in [3.63, 3.8) is 0 Å². The summed E-state index contributed by atoms with van der Waals surface area (Å²) in [6.45, 7) is 13.2. The third-order valence-electron chi connectivity index (χ3n) is 5.22. The summed E-state index contributed by atoms with van der Waals surface area (Å²) >= 11 is 0. The topological polar surface area (TPSA) is 66.4 Å². The summed E-state index contributed by atoms with van der Waals surface area (Å²) in [5.74, 6) is 1.89. The number of piperazine rings is 1. The van der Waals surface area contributed by atoms with Crippen molar-refractivity contribution in [2.45, 2.75) is 58.8 Å². The van der Waals surface area contributed by atoms with Crippen molar-refractivity contribution >= 4 is 35.8 Å². The van der Waals surface area contributed by atoms with Crippen LogP contribution in [0, 0.1) is 0 Å². The van der Waals surface area contributed by atoms with Crippen LogP contribution in [-0.4, -0.2) is 72.7 Å². The number of halogens is 1. The molecular formula is C23H37IN4O3. The van der Waals surface area contributed by atoms with Gasteiger partial charge in [0.05, 0.1) is 6.54 Å². The van der Waals surface area contributed by atoms with E-state index in [1.165, 1.54) is 0 Å². The Hall–Kier alpha value is -1.55. The molecule has 2 heterocycles. The Kier molecular flexibility index (Phi) is 9.87. The van der Waals surface area contributed by atoms with Gasteiger partial charge in [0.1, 0.15) is 17.5 Å². The number of hydrogen-bond donors (Lipinski definition) is 1. The first-order valence-electron chi connectivity index (χ1n) is 11.1. The van der Waals surface area contributed by atoms with Gasteiger partial charge in [0.2, 0.25) is 0 Å². The first kappa shape index (κ1) is 25.7. The lowest BCUT2D eigenvalue weighted by molar-refractivity contribution is -0.142. The number of rotatable bonds is 5. The molecule has 8 heteroatoms. The van der Waals surface area contributed by atoms with Crippen molar-refractivity contribution in [1.82, 2.24) is 15.1 Å². The highest BCUT2D eigenvalue weighted by Gasteiger charge is 2.30. The number of nitrogens with zero attached hydrogens (tertiary/aromatic N) is 3. The SMILES string of the molecule is CCNC(=NCc1ccccc1OC(C)(C)C)N1CCN(C(=O)C2CCCO2)CC1.I. The normalized spacial score (nSPS) is 19.7. The highest BCUT2D eigenvalue weighted by molar-refractivity contribution is 14.0. The maximum absolute atomic E-state index is 12.6. The zero-order valence-electron chi connectivity index (χ0n) is 19.2. The van der Waals surface area contributed by atoms with Crippen LogP contribution in [0.5, 0.6) is 5.75 Å². The number of para-hydroxylation sites is 1. The minimum Gasteiger partial charge on any atom is -0.488 e. The number of carbonyl (C=O) groups excluding carboxylic acids is 1. The van der Waals surface area contributed by atoms with Gasteiger partial charge in [0.25, 0.3) is 5.91 Å². The monoisotopic (exact) mass is 544 g/mol. The van der Waals surface area contributed by atoms with Gasteiger partial charge in [-0.2, -0.15) is 0 Å². The molecule has 3 rings (SSSR count). The lowest BCUT2D eigenvalue weighted by Gasteiger charge is -2.37. The maximum atomic E-state index is 12.6. The summed E-state index contributed by atoms with van der Waals surface area (Å²) in [6, 6.07) is 8.07. The van der Waals surface area contributed by atoms with Crippen LogP contribution in [0.4, 0.5) is 0 Å². The number of carbonyl (C=O) groups is 1. The molecule has 2 aliphatic rings. The van der Waals surface area contributed by atoms with E-state index in [1.807, 2.05) is 23.1 Å². The second kappa shape index (κ2) is 11.9. The highest BCUT2D eigenvalue weighted by Crippen LogP contribution is 2.24. The van der Waals surface area contributed by atoms with E-state index in [-0.39, 0.29) is 41.6 Å². The van der Waals surface area contributed by atoms with E-state index >= 15 is 0 Å². The van der Waals surface area contributed by atoms with E-state index in [1.54, 1.807) is 0 Å². The molecule has 174 valence electrons. The first-order chi connectivity index (χ1) is 14.4. The van der Waals surface area contributed by atoms with Gasteiger partial charge >= 0.3 is 0 Å². The lowest BCUT2D eigenvalue weighted by Crippen LogP contribution is -2.55. The Morgan fingerprint density at radius 1 is 1.19 bits per heavy atom. The van der Waals surface area contributed by atoms with Crippen LogP contribution in [0.25, 0.3) is 0 Å². The van der Waals surface area contributed by atoms with Gasteiger partial charge in [0, 0.05) is 44.9 Å². The van der Waals surface area contributed by atoms with Crippen LogP contribution in [-0.2, 0) is 16.1 Å². The second-order valence-electron chi connectivity index (χ2n) is 8.81. The number of hydrogen-bond acceptors (Lipinski definition) is 4. The molecule has 1 unspecified atom stereocenters. The van der Waals surface area contributed by atoms with Crippen molar-refractivity contribution in [2.24, 2.45) is 4.99 Å². The molecule has 0 saturated carbocycles. The first-order valence-corrected chi connectivity index (χ1v) is 11.1. The molecule has 7 nitrogen and oxygen atoms in total. The fourth-order valence-electron chi connectivity index (χ4n) is 3.76. The third kappa shape index (κ3) is 7.52. The molecule has 1 N–H and O–H groups in total. The molecule has 1 atom stereocenters. The van der Waals surface area contributed by atoms with Crippen LogP contribution >= 0.6 is 24.0 Å². The van der Waals surface area contributed by atoms with Crippen molar-refractivity contribution in [2.75, 3.05) is 39.3 Å². The molecule has 0 aliphatic carbocycles. The Morgan fingerprint density at radius 3 is 2.48 bits per heavy atom. The van der Waals surface area contributed by atoms with Crippen LogP contribution in [0.15, 0.2) is 29.3 Å². The van der Waals surface area contributed by atoms with Crippen LogP contribution in [0.1, 0.15) is 46.1 Å². The van der Waals surface area contributed by atoms with Crippen LogP contribution in [0.2, 0.25) is 0 Å². The van der Waals surface area contributed by atoms with E-state index in [0.29, 0.717) is 26.2 Å². The molecule has 1 aromatic rings. The Bertz CT molecular complexity index is 737. The molecule has 2 aliphatic heterocycles. The Labute approximate surface area is 203 Å². The molecule has 2 saturated heterocycles. The van der Waals surface area contributed by atoms with Gasteiger partial charge < -0.3 is 24.6 Å². The lowest BCUT2D eigenvalue weighted by atomic mass is 10.1. The minimum atomic E-state index is -0.254. The van der Waals surface area contributed by atoms with Gasteiger partial charge in [0.15, 0.2) is 5.96 Å². The van der Waals surface area contributed by atoms with Gasteiger partial charge in [-0.15, -0.1) is 24.0 Å². The highest BCUT2D eigenvalue weighted by atomic mass is 127. The predicted molar refractivity (Wildman–Crippen MR) is 134 cm³/mol. The number of amides is 1. The summed E-state index contributed by atoms with van der Waals surface area (Å²) in [4.78, 5) is 21.6. The molecule has 0 aromatic heterocycles. The average Bonchev–Trinajstić information content (AvgIpc) is 3.25. The number of aliphatic imine (C=N–C) groups is 1. The number of benzene rings is 1. The molecule has 0 radical (unpaired) electrons.